The fraction of sp³-hybridized carbons (Fsp3) is 0.643. The van der Waals surface area contributed by atoms with Crippen LogP contribution in [-0.4, -0.2) is 31.7 Å². The molecule has 108 valence electrons. The third-order valence-electron chi connectivity index (χ3n) is 4.09. The first-order valence-electron chi connectivity index (χ1n) is 7.23. The minimum atomic E-state index is -0.0631. The van der Waals surface area contributed by atoms with Crippen LogP contribution in [0.4, 0.5) is 0 Å². The van der Waals surface area contributed by atoms with Gasteiger partial charge in [-0.05, 0) is 39.0 Å². The van der Waals surface area contributed by atoms with E-state index in [-0.39, 0.29) is 13.3 Å². The van der Waals surface area contributed by atoms with E-state index in [0.717, 1.165) is 43.5 Å². The smallest absolute Gasteiger partial charge is 0.245 e. The molecule has 0 spiro atoms. The van der Waals surface area contributed by atoms with Crippen molar-refractivity contribution in [1.82, 2.24) is 19.5 Å². The predicted octanol–water partition coefficient (Wildman–Crippen LogP) is 2.70. The Kier molecular flexibility index (Phi) is 2.66. The van der Waals surface area contributed by atoms with Crippen molar-refractivity contribution in [2.24, 2.45) is 0 Å². The van der Waals surface area contributed by atoms with Crippen LogP contribution in [0, 0.1) is 0 Å². The lowest BCUT2D eigenvalue weighted by Gasteiger charge is -2.23. The van der Waals surface area contributed by atoms with Crippen molar-refractivity contribution in [2.75, 3.05) is 6.61 Å². The second-order valence-corrected chi connectivity index (χ2v) is 5.88. The summed E-state index contributed by atoms with van der Waals surface area (Å²) in [6, 6.07) is 0. The summed E-state index contributed by atoms with van der Waals surface area (Å²) in [5.41, 5.74) is 1.47. The monoisotopic (exact) mass is 276 g/mol. The molecule has 2 aromatic heterocycles. The second-order valence-electron chi connectivity index (χ2n) is 5.88. The Hall–Kier alpha value is -1.69. The highest BCUT2D eigenvalue weighted by Gasteiger charge is 2.41. The predicted molar refractivity (Wildman–Crippen MR) is 74.5 cm³/mol. The topological polar surface area (TPSA) is 62.1 Å². The fourth-order valence-electron chi connectivity index (χ4n) is 2.57. The quantitative estimate of drug-likeness (QED) is 0.862. The summed E-state index contributed by atoms with van der Waals surface area (Å²) in [6.07, 6.45) is 8.83. The van der Waals surface area contributed by atoms with Gasteiger partial charge in [0, 0.05) is 8.03 Å². The van der Waals surface area contributed by atoms with E-state index in [4.69, 9.17) is 9.47 Å². The summed E-state index contributed by atoms with van der Waals surface area (Å²) in [4.78, 5) is 13.0. The number of aromatic nitrogens is 4. The fourth-order valence-corrected chi connectivity index (χ4v) is 2.57. The Bertz CT molecular complexity index is 635. The Labute approximate surface area is 118 Å². The molecule has 20 heavy (non-hydrogen) atoms. The number of imidazole rings is 1. The molecule has 2 fully saturated rings. The van der Waals surface area contributed by atoms with Gasteiger partial charge in [-0.25, -0.2) is 9.97 Å². The molecule has 1 aliphatic carbocycles. The minimum absolute atomic E-state index is 0. The lowest BCUT2D eigenvalue weighted by molar-refractivity contribution is -0.0298. The Balaban J connectivity index is 0.00000132. The van der Waals surface area contributed by atoms with Crippen LogP contribution in [0.2, 0.25) is 0 Å². The van der Waals surface area contributed by atoms with Crippen molar-refractivity contribution in [3.8, 4) is 5.88 Å². The number of fused-ring (bicyclic) bond motifs is 1. The van der Waals surface area contributed by atoms with Crippen LogP contribution in [0.15, 0.2) is 12.7 Å². The standard InChI is InChI=1S/C14H18N4O2.H2/c1-14(5-6-14)20-13-11-12(15-8-16-13)18(9-17-11)10-4-2-3-7-19-10;/h8-10H,2-7H2,1H3;1H. The van der Waals surface area contributed by atoms with Gasteiger partial charge in [-0.2, -0.15) is 4.98 Å². The highest BCUT2D eigenvalue weighted by molar-refractivity contribution is 5.76. The molecule has 0 N–H and O–H groups in total. The Morgan fingerprint density at radius 1 is 1.35 bits per heavy atom. The highest BCUT2D eigenvalue weighted by atomic mass is 16.5. The zero-order chi connectivity index (χ0) is 13.6. The molecule has 2 aromatic rings. The summed E-state index contributed by atoms with van der Waals surface area (Å²) < 4.78 is 13.8. The molecule has 1 aliphatic heterocycles. The number of ether oxygens (including phenoxy) is 2. The van der Waals surface area contributed by atoms with E-state index in [2.05, 4.69) is 21.9 Å². The zero-order valence-electron chi connectivity index (χ0n) is 11.6. The molecular weight excluding hydrogens is 256 g/mol. The molecule has 3 heterocycles. The highest BCUT2D eigenvalue weighted by Crippen LogP contribution is 2.40. The number of hydrogen-bond acceptors (Lipinski definition) is 5. The summed E-state index contributed by atoms with van der Waals surface area (Å²) in [5, 5.41) is 0. The van der Waals surface area contributed by atoms with Crippen LogP contribution in [-0.2, 0) is 4.74 Å². The average molecular weight is 276 g/mol. The van der Waals surface area contributed by atoms with Gasteiger partial charge in [-0.3, -0.25) is 4.57 Å². The van der Waals surface area contributed by atoms with Crippen molar-refractivity contribution >= 4 is 11.2 Å². The van der Waals surface area contributed by atoms with Gasteiger partial charge >= 0.3 is 0 Å². The Morgan fingerprint density at radius 2 is 2.25 bits per heavy atom. The molecule has 1 atom stereocenters. The van der Waals surface area contributed by atoms with E-state index < -0.39 is 0 Å². The van der Waals surface area contributed by atoms with Gasteiger partial charge in [-0.15, -0.1) is 0 Å². The SMILES string of the molecule is CC1(Oc2ncnc3c2ncn3C2CCCCO2)CC1.[HH]. The number of hydrogen-bond donors (Lipinski definition) is 0. The summed E-state index contributed by atoms with van der Waals surface area (Å²) in [5.74, 6) is 0.588. The van der Waals surface area contributed by atoms with Gasteiger partial charge in [0.15, 0.2) is 11.2 Å². The van der Waals surface area contributed by atoms with Gasteiger partial charge < -0.3 is 9.47 Å². The van der Waals surface area contributed by atoms with Crippen LogP contribution in [0.1, 0.15) is 46.7 Å². The Morgan fingerprint density at radius 3 is 3.00 bits per heavy atom. The maximum absolute atomic E-state index is 5.96. The first-order valence-corrected chi connectivity index (χ1v) is 7.23. The number of nitrogens with zero attached hydrogens (tertiary/aromatic N) is 4. The molecule has 6 heteroatoms. The number of rotatable bonds is 3. The third kappa shape index (κ3) is 2.04. The van der Waals surface area contributed by atoms with Crippen LogP contribution in [0.3, 0.4) is 0 Å². The van der Waals surface area contributed by atoms with E-state index in [9.17, 15) is 0 Å². The van der Waals surface area contributed by atoms with Gasteiger partial charge in [0.1, 0.15) is 18.2 Å². The van der Waals surface area contributed by atoms with E-state index in [0.29, 0.717) is 5.88 Å². The third-order valence-corrected chi connectivity index (χ3v) is 4.09. The summed E-state index contributed by atoms with van der Waals surface area (Å²) in [6.45, 7) is 2.90. The normalized spacial score (nSPS) is 24.8. The molecule has 1 unspecified atom stereocenters. The van der Waals surface area contributed by atoms with E-state index in [1.54, 1.807) is 12.7 Å². The molecule has 0 aromatic carbocycles. The molecule has 1 saturated carbocycles. The molecule has 1 saturated heterocycles. The van der Waals surface area contributed by atoms with Gasteiger partial charge in [0.25, 0.3) is 0 Å². The zero-order valence-corrected chi connectivity index (χ0v) is 11.6. The van der Waals surface area contributed by atoms with Crippen molar-refractivity contribution in [3.05, 3.63) is 12.7 Å². The van der Waals surface area contributed by atoms with E-state index in [1.807, 2.05) is 4.57 Å². The molecule has 6 nitrogen and oxygen atoms in total. The molecule has 4 rings (SSSR count). The lowest BCUT2D eigenvalue weighted by atomic mass is 10.2. The maximum Gasteiger partial charge on any atom is 0.245 e. The van der Waals surface area contributed by atoms with Crippen LogP contribution < -0.4 is 4.74 Å². The van der Waals surface area contributed by atoms with Crippen molar-refractivity contribution < 1.29 is 10.9 Å². The first kappa shape index (κ1) is 12.1. The van der Waals surface area contributed by atoms with E-state index in [1.165, 1.54) is 6.42 Å². The van der Waals surface area contributed by atoms with Crippen LogP contribution >= 0.6 is 0 Å². The van der Waals surface area contributed by atoms with Crippen LogP contribution in [0.5, 0.6) is 5.88 Å². The summed E-state index contributed by atoms with van der Waals surface area (Å²) in [7, 11) is 0. The largest absolute Gasteiger partial charge is 0.470 e. The lowest BCUT2D eigenvalue weighted by Crippen LogP contribution is -2.18. The van der Waals surface area contributed by atoms with Gasteiger partial charge in [0.05, 0.1) is 6.33 Å². The second kappa shape index (κ2) is 4.41. The molecular formula is C14H20N4O2. The maximum atomic E-state index is 5.96. The van der Waals surface area contributed by atoms with Crippen molar-refractivity contribution in [2.45, 2.75) is 50.9 Å². The van der Waals surface area contributed by atoms with E-state index >= 15 is 0 Å². The average Bonchev–Trinajstić information content (AvgIpc) is 3.03. The van der Waals surface area contributed by atoms with Crippen molar-refractivity contribution in [3.63, 3.8) is 0 Å². The minimum Gasteiger partial charge on any atom is -0.470 e. The first-order chi connectivity index (χ1) is 9.75. The summed E-state index contributed by atoms with van der Waals surface area (Å²) >= 11 is 0. The molecule has 0 radical (unpaired) electrons. The van der Waals surface area contributed by atoms with Gasteiger partial charge in [-0.1, -0.05) is 0 Å². The molecule has 0 amide bonds. The van der Waals surface area contributed by atoms with Crippen LogP contribution in [0.25, 0.3) is 11.2 Å². The van der Waals surface area contributed by atoms with Crippen molar-refractivity contribution in [1.29, 1.82) is 0 Å². The molecule has 0 bridgehead atoms. The molecule has 2 aliphatic rings. The van der Waals surface area contributed by atoms with Gasteiger partial charge in [0.2, 0.25) is 5.88 Å².